The minimum atomic E-state index is 0.648. The van der Waals surface area contributed by atoms with Gasteiger partial charge in [-0.1, -0.05) is 0 Å². The molecule has 1 aliphatic rings. The zero-order valence-corrected chi connectivity index (χ0v) is 11.2. The van der Waals surface area contributed by atoms with Crippen LogP contribution in [0.4, 0.5) is 5.69 Å². The Morgan fingerprint density at radius 2 is 2.32 bits per heavy atom. The molecule has 0 unspecified atom stereocenters. The Kier molecular flexibility index (Phi) is 3.51. The Labute approximate surface area is 113 Å². The van der Waals surface area contributed by atoms with E-state index in [1.165, 1.54) is 18.5 Å². The van der Waals surface area contributed by atoms with E-state index in [0.29, 0.717) is 6.04 Å². The predicted molar refractivity (Wildman–Crippen MR) is 74.9 cm³/mol. The molecule has 1 aliphatic carbocycles. The zero-order chi connectivity index (χ0) is 13.1. The number of pyridine rings is 1. The van der Waals surface area contributed by atoms with Crippen molar-refractivity contribution in [3.05, 3.63) is 48.2 Å². The molecule has 4 heteroatoms. The van der Waals surface area contributed by atoms with Crippen molar-refractivity contribution >= 4 is 5.69 Å². The number of hydrogen-bond donors (Lipinski definition) is 1. The van der Waals surface area contributed by atoms with E-state index in [1.54, 1.807) is 6.26 Å². The molecule has 19 heavy (non-hydrogen) atoms. The third kappa shape index (κ3) is 2.96. The summed E-state index contributed by atoms with van der Waals surface area (Å²) in [6.07, 6.45) is 6.16. The highest BCUT2D eigenvalue weighted by atomic mass is 16.3. The highest BCUT2D eigenvalue weighted by Crippen LogP contribution is 2.33. The maximum atomic E-state index is 5.47. The van der Waals surface area contributed by atoms with Crippen LogP contribution in [-0.4, -0.2) is 18.1 Å². The first-order valence-corrected chi connectivity index (χ1v) is 6.75. The Morgan fingerprint density at radius 1 is 1.42 bits per heavy atom. The fourth-order valence-corrected chi connectivity index (χ4v) is 2.31. The van der Waals surface area contributed by atoms with E-state index >= 15 is 0 Å². The van der Waals surface area contributed by atoms with Gasteiger partial charge in [0.25, 0.3) is 0 Å². The highest BCUT2D eigenvalue weighted by molar-refractivity contribution is 5.49. The first kappa shape index (κ1) is 12.2. The summed E-state index contributed by atoms with van der Waals surface area (Å²) in [6.45, 7) is 1.63. The summed E-state index contributed by atoms with van der Waals surface area (Å²) in [5, 5.41) is 3.14. The molecule has 0 aliphatic heterocycles. The van der Waals surface area contributed by atoms with Crippen LogP contribution in [0.5, 0.6) is 0 Å². The second kappa shape index (κ2) is 5.45. The maximum absolute atomic E-state index is 5.47. The second-order valence-electron chi connectivity index (χ2n) is 4.97. The van der Waals surface area contributed by atoms with Crippen molar-refractivity contribution in [2.24, 2.45) is 0 Å². The van der Waals surface area contributed by atoms with E-state index in [-0.39, 0.29) is 0 Å². The van der Waals surface area contributed by atoms with Gasteiger partial charge in [-0.05, 0) is 44.2 Å². The number of nitrogens with one attached hydrogen (secondary N) is 1. The Balaban J connectivity index is 1.81. The largest absolute Gasteiger partial charge is 0.467 e. The fourth-order valence-electron chi connectivity index (χ4n) is 2.31. The lowest BCUT2D eigenvalue weighted by atomic mass is 10.2. The summed E-state index contributed by atoms with van der Waals surface area (Å²) in [4.78, 5) is 6.79. The van der Waals surface area contributed by atoms with Gasteiger partial charge in [0, 0.05) is 24.5 Å². The van der Waals surface area contributed by atoms with Crippen molar-refractivity contribution in [2.45, 2.75) is 32.0 Å². The molecular weight excluding hydrogens is 238 g/mol. The summed E-state index contributed by atoms with van der Waals surface area (Å²) in [7, 11) is 1.94. The molecule has 1 saturated carbocycles. The van der Waals surface area contributed by atoms with Crippen LogP contribution in [0.1, 0.15) is 24.3 Å². The van der Waals surface area contributed by atoms with Gasteiger partial charge in [0.1, 0.15) is 5.76 Å². The molecule has 0 radical (unpaired) electrons. The Morgan fingerprint density at radius 3 is 3.00 bits per heavy atom. The van der Waals surface area contributed by atoms with Crippen molar-refractivity contribution < 1.29 is 4.42 Å². The van der Waals surface area contributed by atoms with Crippen LogP contribution in [-0.2, 0) is 13.1 Å². The van der Waals surface area contributed by atoms with Crippen molar-refractivity contribution in [2.75, 3.05) is 11.9 Å². The molecule has 0 aromatic carbocycles. The van der Waals surface area contributed by atoms with Crippen LogP contribution in [0.25, 0.3) is 0 Å². The molecule has 0 amide bonds. The first-order valence-electron chi connectivity index (χ1n) is 6.75. The van der Waals surface area contributed by atoms with E-state index in [1.807, 2.05) is 25.4 Å². The van der Waals surface area contributed by atoms with Gasteiger partial charge in [0.2, 0.25) is 0 Å². The predicted octanol–water partition coefficient (Wildman–Crippen LogP) is 2.56. The molecule has 1 fully saturated rings. The van der Waals surface area contributed by atoms with Crippen LogP contribution >= 0.6 is 0 Å². The molecule has 4 nitrogen and oxygen atoms in total. The molecule has 3 rings (SSSR count). The van der Waals surface area contributed by atoms with E-state index in [2.05, 4.69) is 27.3 Å². The number of aromatic nitrogens is 1. The molecule has 0 saturated heterocycles. The molecule has 0 spiro atoms. The van der Waals surface area contributed by atoms with Crippen LogP contribution in [0.15, 0.2) is 41.1 Å². The topological polar surface area (TPSA) is 41.3 Å². The summed E-state index contributed by atoms with van der Waals surface area (Å²) < 4.78 is 5.47. The van der Waals surface area contributed by atoms with Gasteiger partial charge in [0.15, 0.2) is 0 Å². The Bertz CT molecular complexity index is 520. The van der Waals surface area contributed by atoms with E-state index in [4.69, 9.17) is 4.42 Å². The van der Waals surface area contributed by atoms with Crippen molar-refractivity contribution in [1.82, 2.24) is 10.3 Å². The third-order valence-corrected chi connectivity index (χ3v) is 3.38. The minimum absolute atomic E-state index is 0.648. The van der Waals surface area contributed by atoms with Gasteiger partial charge < -0.3 is 14.6 Å². The molecule has 2 aromatic heterocycles. The number of furan rings is 1. The van der Waals surface area contributed by atoms with E-state index in [0.717, 1.165) is 24.5 Å². The van der Waals surface area contributed by atoms with Gasteiger partial charge in [-0.3, -0.25) is 4.98 Å². The quantitative estimate of drug-likeness (QED) is 0.863. The normalized spacial score (nSPS) is 14.6. The third-order valence-electron chi connectivity index (χ3n) is 3.38. The molecular formula is C15H19N3O. The lowest BCUT2D eigenvalue weighted by Gasteiger charge is -2.24. The molecule has 100 valence electrons. The lowest BCUT2D eigenvalue weighted by molar-refractivity contribution is 0.501. The summed E-state index contributed by atoms with van der Waals surface area (Å²) in [5.41, 5.74) is 2.31. The Hall–Kier alpha value is -1.81. The van der Waals surface area contributed by atoms with Crippen LogP contribution in [0.3, 0.4) is 0 Å². The van der Waals surface area contributed by atoms with Gasteiger partial charge in [-0.25, -0.2) is 0 Å². The molecule has 2 aromatic rings. The standard InChI is InChI=1S/C15H19N3O/c1-16-10-12-9-14(6-7-17-12)18(13-4-5-13)11-15-3-2-8-19-15/h2-3,6-9,13,16H,4-5,10-11H2,1H3. The monoisotopic (exact) mass is 257 g/mol. The van der Waals surface area contributed by atoms with Crippen molar-refractivity contribution in [1.29, 1.82) is 0 Å². The van der Waals surface area contributed by atoms with Gasteiger partial charge in [-0.2, -0.15) is 0 Å². The maximum Gasteiger partial charge on any atom is 0.123 e. The highest BCUT2D eigenvalue weighted by Gasteiger charge is 2.30. The van der Waals surface area contributed by atoms with Gasteiger partial charge in [-0.15, -0.1) is 0 Å². The minimum Gasteiger partial charge on any atom is -0.467 e. The van der Waals surface area contributed by atoms with Crippen LogP contribution < -0.4 is 10.2 Å². The second-order valence-corrected chi connectivity index (χ2v) is 4.97. The van der Waals surface area contributed by atoms with E-state index < -0.39 is 0 Å². The van der Waals surface area contributed by atoms with Crippen molar-refractivity contribution in [3.8, 4) is 0 Å². The average Bonchev–Trinajstić information content (AvgIpc) is 3.14. The van der Waals surface area contributed by atoms with Gasteiger partial charge in [0.05, 0.1) is 18.5 Å². The number of anilines is 1. The van der Waals surface area contributed by atoms with Crippen molar-refractivity contribution in [3.63, 3.8) is 0 Å². The zero-order valence-electron chi connectivity index (χ0n) is 11.2. The van der Waals surface area contributed by atoms with E-state index in [9.17, 15) is 0 Å². The number of nitrogens with zero attached hydrogens (tertiary/aromatic N) is 2. The fraction of sp³-hybridized carbons (Fsp3) is 0.400. The number of rotatable bonds is 6. The summed E-state index contributed by atoms with van der Waals surface area (Å²) in [5.74, 6) is 1.01. The molecule has 2 heterocycles. The van der Waals surface area contributed by atoms with Gasteiger partial charge >= 0.3 is 0 Å². The first-order chi connectivity index (χ1) is 9.36. The smallest absolute Gasteiger partial charge is 0.123 e. The van der Waals surface area contributed by atoms with Crippen LogP contribution in [0, 0.1) is 0 Å². The average molecular weight is 257 g/mol. The molecule has 0 bridgehead atoms. The molecule has 0 atom stereocenters. The lowest BCUT2D eigenvalue weighted by Crippen LogP contribution is -2.25. The summed E-state index contributed by atoms with van der Waals surface area (Å²) in [6, 6.07) is 8.87. The summed E-state index contributed by atoms with van der Waals surface area (Å²) >= 11 is 0. The van der Waals surface area contributed by atoms with Crippen LogP contribution in [0.2, 0.25) is 0 Å². The molecule has 1 N–H and O–H groups in total. The number of hydrogen-bond acceptors (Lipinski definition) is 4. The SMILES string of the molecule is CNCc1cc(N(Cc2ccco2)C2CC2)ccn1.